The molecule has 1 unspecified atom stereocenters. The van der Waals surface area contributed by atoms with Crippen LogP contribution in [0.15, 0.2) is 22.7 Å². The van der Waals surface area contributed by atoms with Crippen molar-refractivity contribution in [2.75, 3.05) is 23.9 Å². The second-order valence-electron chi connectivity index (χ2n) is 5.02. The van der Waals surface area contributed by atoms with Crippen LogP contribution in [0.2, 0.25) is 5.02 Å². The van der Waals surface area contributed by atoms with E-state index in [1.54, 1.807) is 18.2 Å². The van der Waals surface area contributed by atoms with Gasteiger partial charge in [0.1, 0.15) is 5.54 Å². The topological polar surface area (TPSA) is 72.5 Å². The standard InChI is InChI=1S/C13H15BrClNO4S/c1-20-12(17)13(5-2-6-21(18,19)8-13)16-9-3-4-11(15)10(14)7-9/h3-4,7,16H,2,5-6,8H2,1H3. The highest BCUT2D eigenvalue weighted by Gasteiger charge is 2.46. The highest BCUT2D eigenvalue weighted by Crippen LogP contribution is 2.31. The van der Waals surface area contributed by atoms with Gasteiger partial charge < -0.3 is 10.1 Å². The average molecular weight is 397 g/mol. The van der Waals surface area contributed by atoms with Crippen molar-refractivity contribution >= 4 is 49.0 Å². The van der Waals surface area contributed by atoms with Crippen molar-refractivity contribution in [1.29, 1.82) is 0 Å². The molecule has 0 aromatic heterocycles. The summed E-state index contributed by atoms with van der Waals surface area (Å²) < 4.78 is 29.3. The molecule has 1 atom stereocenters. The molecule has 116 valence electrons. The number of sulfone groups is 1. The highest BCUT2D eigenvalue weighted by atomic mass is 79.9. The van der Waals surface area contributed by atoms with Crippen molar-refractivity contribution in [2.45, 2.75) is 18.4 Å². The molecule has 0 saturated carbocycles. The summed E-state index contributed by atoms with van der Waals surface area (Å²) >= 11 is 9.23. The van der Waals surface area contributed by atoms with E-state index in [0.29, 0.717) is 28.0 Å². The summed E-state index contributed by atoms with van der Waals surface area (Å²) in [5, 5.41) is 3.56. The van der Waals surface area contributed by atoms with E-state index in [-0.39, 0.29) is 11.5 Å². The zero-order valence-electron chi connectivity index (χ0n) is 11.4. The van der Waals surface area contributed by atoms with Crippen molar-refractivity contribution in [1.82, 2.24) is 0 Å². The molecular formula is C13H15BrClNO4S. The molecule has 0 radical (unpaired) electrons. The van der Waals surface area contributed by atoms with E-state index < -0.39 is 21.3 Å². The van der Waals surface area contributed by atoms with Gasteiger partial charge in [-0.2, -0.15) is 0 Å². The summed E-state index contributed by atoms with van der Waals surface area (Å²) in [6.07, 6.45) is 0.818. The van der Waals surface area contributed by atoms with E-state index in [2.05, 4.69) is 21.2 Å². The molecule has 0 bridgehead atoms. The number of esters is 1. The zero-order valence-corrected chi connectivity index (χ0v) is 14.5. The summed E-state index contributed by atoms with van der Waals surface area (Å²) in [6, 6.07) is 5.06. The maximum Gasteiger partial charge on any atom is 0.332 e. The fraction of sp³-hybridized carbons (Fsp3) is 0.462. The molecule has 1 heterocycles. The predicted octanol–water partition coefficient (Wildman–Crippen LogP) is 2.63. The smallest absolute Gasteiger partial charge is 0.332 e. The third-order valence-corrected chi connectivity index (χ3v) is 6.46. The monoisotopic (exact) mass is 395 g/mol. The number of carbonyl (C=O) groups excluding carboxylic acids is 1. The van der Waals surface area contributed by atoms with Crippen LogP contribution in [0, 0.1) is 0 Å². The molecule has 1 saturated heterocycles. The third kappa shape index (κ3) is 3.70. The Morgan fingerprint density at radius 2 is 2.19 bits per heavy atom. The van der Waals surface area contributed by atoms with Crippen LogP contribution in [0.5, 0.6) is 0 Å². The summed E-state index contributed by atoms with van der Waals surface area (Å²) in [6.45, 7) is 0. The number of carbonyl (C=O) groups is 1. The molecule has 1 N–H and O–H groups in total. The molecule has 1 aromatic rings. The zero-order chi connectivity index (χ0) is 15.7. The van der Waals surface area contributed by atoms with Crippen molar-refractivity contribution in [3.05, 3.63) is 27.7 Å². The molecule has 8 heteroatoms. The lowest BCUT2D eigenvalue weighted by Crippen LogP contribution is -2.55. The quantitative estimate of drug-likeness (QED) is 0.795. The average Bonchev–Trinajstić information content (AvgIpc) is 2.41. The molecule has 0 amide bonds. The summed E-state index contributed by atoms with van der Waals surface area (Å²) in [5.41, 5.74) is -0.646. The number of methoxy groups -OCH3 is 1. The third-order valence-electron chi connectivity index (χ3n) is 3.40. The Hall–Kier alpha value is -0.790. The fourth-order valence-electron chi connectivity index (χ4n) is 2.47. The van der Waals surface area contributed by atoms with Crippen LogP contribution in [-0.4, -0.2) is 38.5 Å². The summed E-state index contributed by atoms with van der Waals surface area (Å²) in [7, 11) is -2.03. The van der Waals surface area contributed by atoms with Gasteiger partial charge in [0.2, 0.25) is 0 Å². The van der Waals surface area contributed by atoms with Crippen molar-refractivity contribution in [2.24, 2.45) is 0 Å². The lowest BCUT2D eigenvalue weighted by molar-refractivity contribution is -0.145. The Kier molecular flexibility index (Phi) is 4.85. The first-order valence-electron chi connectivity index (χ1n) is 6.30. The van der Waals surface area contributed by atoms with Crippen molar-refractivity contribution in [3.63, 3.8) is 0 Å². The second-order valence-corrected chi connectivity index (χ2v) is 8.47. The molecule has 1 aliphatic rings. The first-order valence-corrected chi connectivity index (χ1v) is 9.29. The number of rotatable bonds is 3. The van der Waals surface area contributed by atoms with Crippen LogP contribution < -0.4 is 5.32 Å². The van der Waals surface area contributed by atoms with Crippen LogP contribution in [0.25, 0.3) is 0 Å². The molecule has 1 aliphatic heterocycles. The maximum atomic E-state index is 12.1. The first-order chi connectivity index (χ1) is 9.78. The molecule has 1 aromatic carbocycles. The number of benzene rings is 1. The Balaban J connectivity index is 2.37. The van der Waals surface area contributed by atoms with Gasteiger partial charge in [-0.1, -0.05) is 11.6 Å². The highest BCUT2D eigenvalue weighted by molar-refractivity contribution is 9.10. The number of halogens is 2. The van der Waals surface area contributed by atoms with E-state index in [0.717, 1.165) is 0 Å². The predicted molar refractivity (Wildman–Crippen MR) is 85.4 cm³/mol. The number of hydrogen-bond donors (Lipinski definition) is 1. The largest absolute Gasteiger partial charge is 0.467 e. The number of nitrogens with one attached hydrogen (secondary N) is 1. The van der Waals surface area contributed by atoms with E-state index in [1.165, 1.54) is 7.11 Å². The van der Waals surface area contributed by atoms with Crippen LogP contribution in [0.4, 0.5) is 5.69 Å². The second kappa shape index (κ2) is 6.14. The molecule has 0 aliphatic carbocycles. The van der Waals surface area contributed by atoms with Crippen LogP contribution in [-0.2, 0) is 19.4 Å². The van der Waals surface area contributed by atoms with Gasteiger partial charge in [0.05, 0.1) is 23.6 Å². The normalized spacial score (nSPS) is 24.3. The first kappa shape index (κ1) is 16.6. The lowest BCUT2D eigenvalue weighted by atomic mass is 9.95. The lowest BCUT2D eigenvalue weighted by Gasteiger charge is -2.35. The van der Waals surface area contributed by atoms with Gasteiger partial charge in [-0.3, -0.25) is 0 Å². The van der Waals surface area contributed by atoms with Crippen LogP contribution in [0.1, 0.15) is 12.8 Å². The molecule has 5 nitrogen and oxygen atoms in total. The minimum Gasteiger partial charge on any atom is -0.467 e. The molecule has 2 rings (SSSR count). The number of anilines is 1. The van der Waals surface area contributed by atoms with Gasteiger partial charge in [0.25, 0.3) is 0 Å². The van der Waals surface area contributed by atoms with E-state index in [4.69, 9.17) is 16.3 Å². The minimum atomic E-state index is -3.28. The summed E-state index contributed by atoms with van der Waals surface area (Å²) in [4.78, 5) is 12.1. The minimum absolute atomic E-state index is 0.0950. The van der Waals surface area contributed by atoms with E-state index in [9.17, 15) is 13.2 Å². The van der Waals surface area contributed by atoms with Gasteiger partial charge in [-0.25, -0.2) is 13.2 Å². The van der Waals surface area contributed by atoms with Crippen molar-refractivity contribution in [3.8, 4) is 0 Å². The van der Waals surface area contributed by atoms with E-state index >= 15 is 0 Å². The molecule has 21 heavy (non-hydrogen) atoms. The Morgan fingerprint density at radius 1 is 1.48 bits per heavy atom. The van der Waals surface area contributed by atoms with Gasteiger partial charge in [0.15, 0.2) is 9.84 Å². The van der Waals surface area contributed by atoms with Gasteiger partial charge in [-0.05, 0) is 47.0 Å². The van der Waals surface area contributed by atoms with Gasteiger partial charge in [0, 0.05) is 10.2 Å². The van der Waals surface area contributed by atoms with E-state index in [1.807, 2.05) is 0 Å². The molecule has 0 spiro atoms. The number of hydrogen-bond acceptors (Lipinski definition) is 5. The van der Waals surface area contributed by atoms with Crippen molar-refractivity contribution < 1.29 is 17.9 Å². The number of ether oxygens (including phenoxy) is 1. The maximum absolute atomic E-state index is 12.1. The SMILES string of the molecule is COC(=O)C1(Nc2ccc(Cl)c(Br)c2)CCCS(=O)(=O)C1. The van der Waals surface area contributed by atoms with Crippen LogP contribution >= 0.6 is 27.5 Å². The van der Waals surface area contributed by atoms with Gasteiger partial charge >= 0.3 is 5.97 Å². The Morgan fingerprint density at radius 3 is 2.76 bits per heavy atom. The van der Waals surface area contributed by atoms with Crippen LogP contribution in [0.3, 0.4) is 0 Å². The summed E-state index contributed by atoms with van der Waals surface area (Å²) in [5.74, 6) is -0.748. The Bertz CT molecular complexity index is 664. The molecular weight excluding hydrogens is 382 g/mol. The van der Waals surface area contributed by atoms with Gasteiger partial charge in [-0.15, -0.1) is 0 Å². The fourth-order valence-corrected chi connectivity index (χ4v) is 4.78. The molecule has 1 fully saturated rings. The Labute approximate surface area is 137 Å².